The third kappa shape index (κ3) is 4.77. The standard InChI is InChI=1S/C20H20N2O8S/c1-28-19(24)12-8-13(20(25)29-2)10-14(9-12)21-18(23)17-11-22(31(3,26)27)15-6-4-5-7-16(15)30-17/h4-10,17H,11H2,1-3H3,(H,21,23)/t17-/m1/s1. The molecule has 31 heavy (non-hydrogen) atoms. The molecule has 1 heterocycles. The minimum absolute atomic E-state index is 0.0216. The average Bonchev–Trinajstić information content (AvgIpc) is 2.76. The van der Waals surface area contributed by atoms with Crippen LogP contribution in [0.15, 0.2) is 42.5 Å². The van der Waals surface area contributed by atoms with Gasteiger partial charge in [-0.25, -0.2) is 18.0 Å². The van der Waals surface area contributed by atoms with Gasteiger partial charge >= 0.3 is 11.9 Å². The van der Waals surface area contributed by atoms with E-state index in [0.717, 1.165) is 10.6 Å². The predicted molar refractivity (Wildman–Crippen MR) is 111 cm³/mol. The molecule has 3 rings (SSSR count). The van der Waals surface area contributed by atoms with Crippen molar-refractivity contribution in [2.45, 2.75) is 6.10 Å². The molecule has 0 aliphatic carbocycles. The molecule has 0 saturated carbocycles. The molecule has 0 unspecified atom stereocenters. The van der Waals surface area contributed by atoms with Gasteiger partial charge in [0.25, 0.3) is 5.91 Å². The highest BCUT2D eigenvalue weighted by Gasteiger charge is 2.35. The molecule has 1 atom stereocenters. The number of fused-ring (bicyclic) bond motifs is 1. The van der Waals surface area contributed by atoms with E-state index in [1.165, 1.54) is 32.4 Å². The van der Waals surface area contributed by atoms with Gasteiger partial charge in [0.1, 0.15) is 5.75 Å². The summed E-state index contributed by atoms with van der Waals surface area (Å²) in [6, 6.07) is 10.4. The highest BCUT2D eigenvalue weighted by molar-refractivity contribution is 7.92. The lowest BCUT2D eigenvalue weighted by Gasteiger charge is -2.33. The fraction of sp³-hybridized carbons (Fsp3) is 0.250. The summed E-state index contributed by atoms with van der Waals surface area (Å²) in [7, 11) is -1.31. The van der Waals surface area contributed by atoms with Crippen LogP contribution >= 0.6 is 0 Å². The number of anilines is 2. The van der Waals surface area contributed by atoms with Crippen molar-refractivity contribution in [2.75, 3.05) is 36.6 Å². The van der Waals surface area contributed by atoms with Crippen LogP contribution in [0.4, 0.5) is 11.4 Å². The van der Waals surface area contributed by atoms with E-state index in [4.69, 9.17) is 4.74 Å². The average molecular weight is 448 g/mol. The Bertz CT molecular complexity index is 1110. The number of nitrogens with zero attached hydrogens (tertiary/aromatic N) is 1. The molecule has 2 aromatic rings. The number of rotatable bonds is 5. The lowest BCUT2D eigenvalue weighted by Crippen LogP contribution is -2.48. The number of amides is 1. The van der Waals surface area contributed by atoms with Gasteiger partial charge < -0.3 is 19.5 Å². The summed E-state index contributed by atoms with van der Waals surface area (Å²) in [5, 5.41) is 2.55. The number of ether oxygens (including phenoxy) is 3. The van der Waals surface area contributed by atoms with E-state index in [9.17, 15) is 22.8 Å². The largest absolute Gasteiger partial charge is 0.476 e. The van der Waals surface area contributed by atoms with Crippen molar-refractivity contribution in [1.29, 1.82) is 0 Å². The van der Waals surface area contributed by atoms with E-state index < -0.39 is 34.0 Å². The van der Waals surface area contributed by atoms with Gasteiger partial charge in [-0.2, -0.15) is 0 Å². The van der Waals surface area contributed by atoms with Crippen LogP contribution in [0, 0.1) is 0 Å². The predicted octanol–water partition coefficient (Wildman–Crippen LogP) is 1.43. The van der Waals surface area contributed by atoms with Crippen molar-refractivity contribution in [3.63, 3.8) is 0 Å². The number of carbonyl (C=O) groups is 3. The first-order chi connectivity index (χ1) is 14.6. The Labute approximate surface area is 178 Å². The highest BCUT2D eigenvalue weighted by Crippen LogP contribution is 2.34. The number of hydrogen-bond acceptors (Lipinski definition) is 8. The van der Waals surface area contributed by atoms with Crippen molar-refractivity contribution in [1.82, 2.24) is 0 Å². The van der Waals surface area contributed by atoms with Crippen LogP contribution < -0.4 is 14.4 Å². The number of hydrogen-bond donors (Lipinski definition) is 1. The zero-order valence-electron chi connectivity index (χ0n) is 16.9. The van der Waals surface area contributed by atoms with Gasteiger partial charge in [0, 0.05) is 5.69 Å². The monoisotopic (exact) mass is 448 g/mol. The lowest BCUT2D eigenvalue weighted by atomic mass is 10.1. The normalized spacial score (nSPS) is 15.3. The summed E-state index contributed by atoms with van der Waals surface area (Å²) >= 11 is 0. The number of methoxy groups -OCH3 is 2. The Morgan fingerprint density at radius 1 is 1.03 bits per heavy atom. The Kier molecular flexibility index (Phi) is 6.16. The van der Waals surface area contributed by atoms with E-state index in [-0.39, 0.29) is 29.1 Å². The van der Waals surface area contributed by atoms with E-state index in [1.54, 1.807) is 24.3 Å². The summed E-state index contributed by atoms with van der Waals surface area (Å²) in [6.45, 7) is -0.248. The summed E-state index contributed by atoms with van der Waals surface area (Å²) < 4.78 is 40.5. The second-order valence-corrected chi connectivity index (χ2v) is 8.55. The summed E-state index contributed by atoms with van der Waals surface area (Å²) in [4.78, 5) is 36.7. The molecule has 0 spiro atoms. The topological polar surface area (TPSA) is 128 Å². The van der Waals surface area contributed by atoms with Crippen LogP contribution in [0.2, 0.25) is 0 Å². The van der Waals surface area contributed by atoms with Crippen LogP contribution in [0.25, 0.3) is 0 Å². The Morgan fingerprint density at radius 3 is 2.16 bits per heavy atom. The third-order valence-electron chi connectivity index (χ3n) is 4.47. The summed E-state index contributed by atoms with van der Waals surface area (Å²) in [6.07, 6.45) is -0.139. The molecule has 0 aromatic heterocycles. The summed E-state index contributed by atoms with van der Waals surface area (Å²) in [5.74, 6) is -1.86. The van der Waals surface area contributed by atoms with Crippen molar-refractivity contribution < 1.29 is 37.0 Å². The molecular formula is C20H20N2O8S. The van der Waals surface area contributed by atoms with Crippen molar-refractivity contribution in [3.8, 4) is 5.75 Å². The number of sulfonamides is 1. The molecule has 10 nitrogen and oxygen atoms in total. The van der Waals surface area contributed by atoms with E-state index in [2.05, 4.69) is 14.8 Å². The molecule has 0 saturated heterocycles. The molecule has 1 N–H and O–H groups in total. The maximum absolute atomic E-state index is 12.9. The van der Waals surface area contributed by atoms with E-state index >= 15 is 0 Å². The SMILES string of the molecule is COC(=O)c1cc(NC(=O)[C@H]2CN(S(C)(=O)=O)c3ccccc3O2)cc(C(=O)OC)c1. The van der Waals surface area contributed by atoms with Gasteiger partial charge in [-0.3, -0.25) is 9.10 Å². The zero-order chi connectivity index (χ0) is 22.8. The molecule has 1 amide bonds. The van der Waals surface area contributed by atoms with E-state index in [0.29, 0.717) is 5.69 Å². The molecular weight excluding hydrogens is 428 g/mol. The Morgan fingerprint density at radius 2 is 1.61 bits per heavy atom. The molecule has 1 aliphatic heterocycles. The second-order valence-electron chi connectivity index (χ2n) is 6.64. The van der Waals surface area contributed by atoms with E-state index in [1.807, 2.05) is 0 Å². The van der Waals surface area contributed by atoms with Crippen molar-refractivity contribution in [3.05, 3.63) is 53.6 Å². The van der Waals surface area contributed by atoms with Gasteiger partial charge in [0.15, 0.2) is 6.10 Å². The quantitative estimate of drug-likeness (QED) is 0.680. The maximum Gasteiger partial charge on any atom is 0.337 e. The summed E-state index contributed by atoms with van der Waals surface area (Å²) in [5.41, 5.74) is 0.484. The molecule has 0 radical (unpaired) electrons. The van der Waals surface area contributed by atoms with Crippen molar-refractivity contribution in [2.24, 2.45) is 0 Å². The molecule has 11 heteroatoms. The first-order valence-electron chi connectivity index (χ1n) is 9.00. The lowest BCUT2D eigenvalue weighted by molar-refractivity contribution is -0.122. The molecule has 164 valence electrons. The first kappa shape index (κ1) is 22.1. The minimum atomic E-state index is -3.67. The number of esters is 2. The number of nitrogens with one attached hydrogen (secondary N) is 1. The van der Waals surface area contributed by atoms with Gasteiger partial charge in [-0.05, 0) is 30.3 Å². The third-order valence-corrected chi connectivity index (χ3v) is 5.62. The zero-order valence-corrected chi connectivity index (χ0v) is 17.8. The number of carbonyl (C=O) groups excluding carboxylic acids is 3. The van der Waals surface area contributed by atoms with Crippen molar-refractivity contribution >= 4 is 39.2 Å². The molecule has 1 aliphatic rings. The fourth-order valence-electron chi connectivity index (χ4n) is 3.05. The van der Waals surface area contributed by atoms with Gasteiger partial charge in [-0.1, -0.05) is 12.1 Å². The fourth-order valence-corrected chi connectivity index (χ4v) is 3.96. The molecule has 0 bridgehead atoms. The highest BCUT2D eigenvalue weighted by atomic mass is 32.2. The Hall–Kier alpha value is -3.60. The van der Waals surface area contributed by atoms with Gasteiger partial charge in [0.2, 0.25) is 10.0 Å². The van der Waals surface area contributed by atoms with Crippen LogP contribution in [0.3, 0.4) is 0 Å². The molecule has 2 aromatic carbocycles. The van der Waals surface area contributed by atoms with Crippen LogP contribution in [-0.4, -0.2) is 59.4 Å². The maximum atomic E-state index is 12.9. The van der Waals surface area contributed by atoms with Crippen LogP contribution in [-0.2, 0) is 24.3 Å². The van der Waals surface area contributed by atoms with Gasteiger partial charge in [0.05, 0.1) is 43.8 Å². The Balaban J connectivity index is 1.91. The van der Waals surface area contributed by atoms with Crippen LogP contribution in [0.1, 0.15) is 20.7 Å². The minimum Gasteiger partial charge on any atom is -0.476 e. The smallest absolute Gasteiger partial charge is 0.337 e. The second kappa shape index (κ2) is 8.64. The molecule has 0 fully saturated rings. The number of benzene rings is 2. The van der Waals surface area contributed by atoms with Crippen LogP contribution in [0.5, 0.6) is 5.75 Å². The van der Waals surface area contributed by atoms with Gasteiger partial charge in [-0.15, -0.1) is 0 Å². The number of para-hydroxylation sites is 2. The first-order valence-corrected chi connectivity index (χ1v) is 10.8.